The number of hydrogen-bond donors (Lipinski definition) is 1. The minimum absolute atomic E-state index is 0.0106. The number of ketones is 1. The van der Waals surface area contributed by atoms with Crippen molar-refractivity contribution in [1.29, 1.82) is 0 Å². The summed E-state index contributed by atoms with van der Waals surface area (Å²) in [5.74, 6) is -1.03. The maximum atomic E-state index is 14.0. The van der Waals surface area contributed by atoms with Crippen molar-refractivity contribution in [3.63, 3.8) is 0 Å². The number of hydrogen-bond acceptors (Lipinski definition) is 5. The van der Waals surface area contributed by atoms with Crippen LogP contribution in [0.25, 0.3) is 0 Å². The first-order chi connectivity index (χ1) is 18.4. The standard InChI is InChI=1S/C31H27FN2O4/c1-38-31(37)21-10-6-19(7-11-21)29-28-25(16-22(17-27(28)35)18-12-14-23(32)15-13-18)33-24-4-2-3-5-26(24)34(29)30(36)20-8-9-20/h2-7,10-15,20,22,29,33H,8-9,16-17H2,1H3. The van der Waals surface area contributed by atoms with Crippen LogP contribution in [0, 0.1) is 11.7 Å². The highest BCUT2D eigenvalue weighted by molar-refractivity contribution is 6.07. The van der Waals surface area contributed by atoms with Crippen molar-refractivity contribution in [2.45, 2.75) is 37.6 Å². The van der Waals surface area contributed by atoms with Crippen molar-refractivity contribution in [1.82, 2.24) is 0 Å². The van der Waals surface area contributed by atoms with Crippen molar-refractivity contribution in [3.05, 3.63) is 107 Å². The molecule has 0 radical (unpaired) electrons. The number of carbonyl (C=O) groups excluding carboxylic acids is 3. The largest absolute Gasteiger partial charge is 0.465 e. The smallest absolute Gasteiger partial charge is 0.337 e. The summed E-state index contributed by atoms with van der Waals surface area (Å²) in [5.41, 5.74) is 4.82. The predicted molar refractivity (Wildman–Crippen MR) is 141 cm³/mol. The molecule has 1 fully saturated rings. The molecule has 2 atom stereocenters. The lowest BCUT2D eigenvalue weighted by atomic mass is 9.78. The minimum Gasteiger partial charge on any atom is -0.465 e. The molecule has 3 aromatic carbocycles. The molecule has 7 heteroatoms. The molecule has 0 saturated heterocycles. The number of carbonyl (C=O) groups is 3. The SMILES string of the molecule is COC(=O)c1ccc(C2C3=C(CC(c4ccc(F)cc4)CC3=O)Nc3ccccc3N2C(=O)C2CC2)cc1. The van der Waals surface area contributed by atoms with Gasteiger partial charge >= 0.3 is 5.97 Å². The third kappa shape index (κ3) is 4.28. The number of anilines is 2. The van der Waals surface area contributed by atoms with Crippen molar-refractivity contribution < 1.29 is 23.5 Å². The summed E-state index contributed by atoms with van der Waals surface area (Å²) in [5, 5.41) is 3.50. The van der Waals surface area contributed by atoms with Gasteiger partial charge in [0, 0.05) is 23.6 Å². The van der Waals surface area contributed by atoms with Gasteiger partial charge in [0.25, 0.3) is 0 Å². The third-order valence-corrected chi connectivity index (χ3v) is 7.64. The summed E-state index contributed by atoms with van der Waals surface area (Å²) in [4.78, 5) is 41.6. The van der Waals surface area contributed by atoms with Gasteiger partial charge in [-0.1, -0.05) is 36.4 Å². The number of methoxy groups -OCH3 is 1. The van der Waals surface area contributed by atoms with E-state index in [0.717, 1.165) is 35.4 Å². The van der Waals surface area contributed by atoms with E-state index in [9.17, 15) is 18.8 Å². The minimum atomic E-state index is -0.650. The number of benzene rings is 3. The molecular weight excluding hydrogens is 483 g/mol. The molecule has 2 unspecified atom stereocenters. The lowest BCUT2D eigenvalue weighted by Gasteiger charge is -2.35. The van der Waals surface area contributed by atoms with E-state index in [0.29, 0.717) is 23.2 Å². The predicted octanol–water partition coefficient (Wildman–Crippen LogP) is 5.92. The van der Waals surface area contributed by atoms with Crippen LogP contribution in [0.5, 0.6) is 0 Å². The molecule has 6 rings (SSSR count). The lowest BCUT2D eigenvalue weighted by molar-refractivity contribution is -0.120. The first kappa shape index (κ1) is 24.1. The third-order valence-electron chi connectivity index (χ3n) is 7.64. The van der Waals surface area contributed by atoms with Crippen LogP contribution in [0.1, 0.15) is 59.1 Å². The van der Waals surface area contributed by atoms with E-state index < -0.39 is 12.0 Å². The maximum Gasteiger partial charge on any atom is 0.337 e. The Balaban J connectivity index is 1.51. The fourth-order valence-electron chi connectivity index (χ4n) is 5.57. The molecule has 1 amide bonds. The molecule has 6 nitrogen and oxygen atoms in total. The molecule has 0 bridgehead atoms. The Labute approximate surface area is 220 Å². The first-order valence-corrected chi connectivity index (χ1v) is 12.8. The molecule has 1 heterocycles. The maximum absolute atomic E-state index is 14.0. The number of esters is 1. The van der Waals surface area contributed by atoms with Crippen LogP contribution in [0.4, 0.5) is 15.8 Å². The molecule has 38 heavy (non-hydrogen) atoms. The lowest BCUT2D eigenvalue weighted by Crippen LogP contribution is -2.39. The zero-order valence-corrected chi connectivity index (χ0v) is 20.9. The molecule has 0 aromatic heterocycles. The van der Waals surface area contributed by atoms with Crippen molar-refractivity contribution in [2.24, 2.45) is 5.92 Å². The molecule has 3 aromatic rings. The van der Waals surface area contributed by atoms with Crippen LogP contribution >= 0.6 is 0 Å². The Morgan fingerprint density at radius 1 is 0.921 bits per heavy atom. The summed E-state index contributed by atoms with van der Waals surface area (Å²) < 4.78 is 18.4. The van der Waals surface area contributed by atoms with Crippen LogP contribution in [-0.4, -0.2) is 24.8 Å². The van der Waals surface area contributed by atoms with Gasteiger partial charge in [-0.05, 0) is 72.7 Å². The summed E-state index contributed by atoms with van der Waals surface area (Å²) in [7, 11) is 1.33. The zero-order valence-electron chi connectivity index (χ0n) is 20.9. The monoisotopic (exact) mass is 510 g/mol. The topological polar surface area (TPSA) is 75.7 Å². The number of rotatable bonds is 4. The van der Waals surface area contributed by atoms with Crippen LogP contribution < -0.4 is 10.2 Å². The second-order valence-corrected chi connectivity index (χ2v) is 10.1. The highest BCUT2D eigenvalue weighted by Crippen LogP contribution is 2.49. The Hall–Kier alpha value is -4.26. The number of halogens is 1. The molecular formula is C31H27FN2O4. The van der Waals surface area contributed by atoms with Gasteiger partial charge in [-0.3, -0.25) is 14.5 Å². The summed E-state index contributed by atoms with van der Waals surface area (Å²) in [6, 6.07) is 20.2. The van der Waals surface area contributed by atoms with Crippen molar-refractivity contribution in [3.8, 4) is 0 Å². The number of nitrogens with zero attached hydrogens (tertiary/aromatic N) is 1. The van der Waals surface area contributed by atoms with E-state index in [1.165, 1.54) is 19.2 Å². The van der Waals surface area contributed by atoms with E-state index >= 15 is 0 Å². The first-order valence-electron chi connectivity index (χ1n) is 12.8. The van der Waals surface area contributed by atoms with Crippen LogP contribution in [0.3, 0.4) is 0 Å². The summed E-state index contributed by atoms with van der Waals surface area (Å²) in [6.45, 7) is 0. The average molecular weight is 511 g/mol. The highest BCUT2D eigenvalue weighted by atomic mass is 19.1. The fourth-order valence-corrected chi connectivity index (χ4v) is 5.57. The molecule has 2 aliphatic carbocycles. The van der Waals surface area contributed by atoms with Crippen LogP contribution in [0.2, 0.25) is 0 Å². The van der Waals surface area contributed by atoms with Gasteiger partial charge in [-0.25, -0.2) is 9.18 Å². The molecule has 3 aliphatic rings. The van der Waals surface area contributed by atoms with E-state index in [4.69, 9.17) is 4.74 Å². The summed E-state index contributed by atoms with van der Waals surface area (Å²) >= 11 is 0. The number of nitrogens with one attached hydrogen (secondary N) is 1. The Morgan fingerprint density at radius 3 is 2.29 bits per heavy atom. The fraction of sp³-hybridized carbons (Fsp3) is 0.258. The number of para-hydroxylation sites is 2. The number of Topliss-reactive ketones (excluding diaryl/α,β-unsaturated/α-hetero) is 1. The zero-order chi connectivity index (χ0) is 26.4. The van der Waals surface area contributed by atoms with Gasteiger partial charge in [-0.15, -0.1) is 0 Å². The van der Waals surface area contributed by atoms with Gasteiger partial charge < -0.3 is 10.1 Å². The van der Waals surface area contributed by atoms with Gasteiger partial charge in [0.05, 0.1) is 30.1 Å². The van der Waals surface area contributed by atoms with Crippen molar-refractivity contribution in [2.75, 3.05) is 17.3 Å². The number of allylic oxidation sites excluding steroid dienone is 1. The Morgan fingerprint density at radius 2 is 1.61 bits per heavy atom. The number of ether oxygens (including phenoxy) is 1. The summed E-state index contributed by atoms with van der Waals surface area (Å²) in [6.07, 6.45) is 2.45. The van der Waals surface area contributed by atoms with E-state index in [-0.39, 0.29) is 35.8 Å². The van der Waals surface area contributed by atoms with E-state index in [1.54, 1.807) is 41.3 Å². The molecule has 1 saturated carbocycles. The van der Waals surface area contributed by atoms with E-state index in [2.05, 4.69) is 5.32 Å². The molecule has 192 valence electrons. The van der Waals surface area contributed by atoms with Gasteiger partial charge in [0.15, 0.2) is 5.78 Å². The quantitative estimate of drug-likeness (QED) is 0.441. The second kappa shape index (κ2) is 9.56. The normalized spacial score (nSPS) is 20.7. The Kier molecular flexibility index (Phi) is 6.06. The highest BCUT2D eigenvalue weighted by Gasteiger charge is 2.45. The Bertz CT molecular complexity index is 1460. The van der Waals surface area contributed by atoms with Gasteiger partial charge in [-0.2, -0.15) is 0 Å². The average Bonchev–Trinajstić information content (AvgIpc) is 3.79. The van der Waals surface area contributed by atoms with Crippen LogP contribution in [-0.2, 0) is 14.3 Å². The number of fused-ring (bicyclic) bond motifs is 1. The molecule has 1 aliphatic heterocycles. The molecule has 1 N–H and O–H groups in total. The second-order valence-electron chi connectivity index (χ2n) is 10.1. The molecule has 0 spiro atoms. The van der Waals surface area contributed by atoms with E-state index in [1.807, 2.05) is 24.3 Å². The number of amides is 1. The van der Waals surface area contributed by atoms with Crippen LogP contribution in [0.15, 0.2) is 84.1 Å². The van der Waals surface area contributed by atoms with Gasteiger partial charge in [0.1, 0.15) is 5.82 Å². The van der Waals surface area contributed by atoms with Crippen molar-refractivity contribution >= 4 is 29.0 Å². The van der Waals surface area contributed by atoms with Gasteiger partial charge in [0.2, 0.25) is 5.91 Å².